The number of anilines is 1. The topological polar surface area (TPSA) is 115 Å². The number of nitro benzene ring substituents is 1. The van der Waals surface area contributed by atoms with E-state index in [1.54, 1.807) is 0 Å². The second-order valence-corrected chi connectivity index (χ2v) is 7.06. The van der Waals surface area contributed by atoms with Crippen LogP contribution in [0.25, 0.3) is 0 Å². The van der Waals surface area contributed by atoms with Gasteiger partial charge in [-0.3, -0.25) is 10.1 Å². The molecular weight excluding hydrogens is 294 g/mol. The van der Waals surface area contributed by atoms with Crippen LogP contribution in [0.1, 0.15) is 33.6 Å². The van der Waals surface area contributed by atoms with Crippen LogP contribution in [0.15, 0.2) is 23.1 Å². The molecule has 1 rings (SSSR count). The third-order valence-corrected chi connectivity index (χ3v) is 3.98. The van der Waals surface area contributed by atoms with E-state index in [0.717, 1.165) is 18.9 Å². The van der Waals surface area contributed by atoms with Crippen molar-refractivity contribution in [3.63, 3.8) is 0 Å². The van der Waals surface area contributed by atoms with Crippen LogP contribution in [-0.4, -0.2) is 19.4 Å². The highest BCUT2D eigenvalue weighted by Gasteiger charge is 2.20. The van der Waals surface area contributed by atoms with Crippen molar-refractivity contribution in [3.05, 3.63) is 28.3 Å². The zero-order chi connectivity index (χ0) is 16.2. The summed E-state index contributed by atoms with van der Waals surface area (Å²) >= 11 is 0. The van der Waals surface area contributed by atoms with Gasteiger partial charge in [0.1, 0.15) is 5.69 Å². The average molecular weight is 315 g/mol. The molecule has 0 fully saturated rings. The largest absolute Gasteiger partial charge is 0.377 e. The minimum atomic E-state index is -3.96. The van der Waals surface area contributed by atoms with Crippen LogP contribution in [0.3, 0.4) is 0 Å². The smallest absolute Gasteiger partial charge is 0.293 e. The molecule has 0 bridgehead atoms. The standard InChI is InChI=1S/C13H21N3O4S/c1-9(2)4-5-10(3)15-12-7-6-11(21(14,19)20)8-13(12)16(17)18/h6-10,15H,4-5H2,1-3H3,(H2,14,19,20). The summed E-state index contributed by atoms with van der Waals surface area (Å²) in [5.74, 6) is 0.550. The Balaban J connectivity index is 3.00. The molecule has 0 aliphatic rings. The van der Waals surface area contributed by atoms with Crippen LogP contribution in [0.4, 0.5) is 11.4 Å². The highest BCUT2D eigenvalue weighted by Crippen LogP contribution is 2.28. The SMILES string of the molecule is CC(C)CCC(C)Nc1ccc(S(N)(=O)=O)cc1[N+](=O)[O-]. The molecular formula is C13H21N3O4S. The lowest BCUT2D eigenvalue weighted by atomic mass is 10.0. The van der Waals surface area contributed by atoms with Crippen molar-refractivity contribution >= 4 is 21.4 Å². The fourth-order valence-electron chi connectivity index (χ4n) is 1.88. The first-order valence-electron chi connectivity index (χ1n) is 6.69. The van der Waals surface area contributed by atoms with Gasteiger partial charge in [0, 0.05) is 12.1 Å². The van der Waals surface area contributed by atoms with E-state index in [1.165, 1.54) is 12.1 Å². The summed E-state index contributed by atoms with van der Waals surface area (Å²) in [6.07, 6.45) is 1.86. The maximum atomic E-state index is 11.3. The molecule has 0 radical (unpaired) electrons. The molecule has 21 heavy (non-hydrogen) atoms. The number of nitrogens with zero attached hydrogens (tertiary/aromatic N) is 1. The van der Waals surface area contributed by atoms with E-state index >= 15 is 0 Å². The Labute approximate surface area is 124 Å². The van der Waals surface area contributed by atoms with Crippen molar-refractivity contribution in [1.29, 1.82) is 0 Å². The van der Waals surface area contributed by atoms with E-state index in [1.807, 2.05) is 6.92 Å². The zero-order valence-electron chi connectivity index (χ0n) is 12.4. The Morgan fingerprint density at radius 3 is 2.38 bits per heavy atom. The minimum Gasteiger partial charge on any atom is -0.377 e. The fraction of sp³-hybridized carbons (Fsp3) is 0.538. The van der Waals surface area contributed by atoms with E-state index < -0.39 is 14.9 Å². The molecule has 3 N–H and O–H groups in total. The van der Waals surface area contributed by atoms with Gasteiger partial charge in [0.2, 0.25) is 10.0 Å². The van der Waals surface area contributed by atoms with Gasteiger partial charge >= 0.3 is 0 Å². The lowest BCUT2D eigenvalue weighted by Gasteiger charge is -2.16. The Kier molecular flexibility index (Phi) is 5.68. The second kappa shape index (κ2) is 6.86. The molecule has 7 nitrogen and oxygen atoms in total. The highest BCUT2D eigenvalue weighted by atomic mass is 32.2. The number of nitro groups is 1. The van der Waals surface area contributed by atoms with Gasteiger partial charge in [0.15, 0.2) is 0 Å². The Hall–Kier alpha value is -1.67. The minimum absolute atomic E-state index is 0.0476. The average Bonchev–Trinajstić information content (AvgIpc) is 2.35. The third kappa shape index (κ3) is 5.31. The van der Waals surface area contributed by atoms with Gasteiger partial charge in [-0.2, -0.15) is 0 Å². The molecule has 118 valence electrons. The summed E-state index contributed by atoms with van der Waals surface area (Å²) in [6, 6.07) is 3.67. The molecule has 0 amide bonds. The first-order valence-corrected chi connectivity index (χ1v) is 8.23. The van der Waals surface area contributed by atoms with Crippen molar-refractivity contribution in [2.24, 2.45) is 11.1 Å². The molecule has 1 aromatic rings. The van der Waals surface area contributed by atoms with Gasteiger partial charge in [-0.15, -0.1) is 0 Å². The first-order chi connectivity index (χ1) is 9.61. The van der Waals surface area contributed by atoms with Gasteiger partial charge in [0.05, 0.1) is 9.82 Å². The fourth-order valence-corrected chi connectivity index (χ4v) is 2.42. The van der Waals surface area contributed by atoms with Crippen molar-refractivity contribution in [2.75, 3.05) is 5.32 Å². The summed E-state index contributed by atoms with van der Waals surface area (Å²) in [5.41, 5.74) is 0.00146. The molecule has 8 heteroatoms. The molecule has 0 aromatic heterocycles. The highest BCUT2D eigenvalue weighted by molar-refractivity contribution is 7.89. The summed E-state index contributed by atoms with van der Waals surface area (Å²) < 4.78 is 22.5. The summed E-state index contributed by atoms with van der Waals surface area (Å²) in [7, 11) is -3.96. The van der Waals surface area contributed by atoms with Crippen LogP contribution < -0.4 is 10.5 Å². The number of hydrogen-bond acceptors (Lipinski definition) is 5. The van der Waals surface area contributed by atoms with E-state index in [4.69, 9.17) is 5.14 Å². The van der Waals surface area contributed by atoms with Gasteiger partial charge in [0.25, 0.3) is 5.69 Å². The van der Waals surface area contributed by atoms with Crippen LogP contribution in [-0.2, 0) is 10.0 Å². The Bertz CT molecular complexity index is 614. The van der Waals surface area contributed by atoms with Gasteiger partial charge in [-0.25, -0.2) is 13.6 Å². The van der Waals surface area contributed by atoms with E-state index in [-0.39, 0.29) is 16.6 Å². The summed E-state index contributed by atoms with van der Waals surface area (Å²) in [5, 5.41) is 19.1. The van der Waals surface area contributed by atoms with Crippen LogP contribution in [0.5, 0.6) is 0 Å². The van der Waals surface area contributed by atoms with E-state index in [0.29, 0.717) is 11.6 Å². The summed E-state index contributed by atoms with van der Waals surface area (Å²) in [4.78, 5) is 10.2. The van der Waals surface area contributed by atoms with Crippen LogP contribution in [0.2, 0.25) is 0 Å². The lowest BCUT2D eigenvalue weighted by molar-refractivity contribution is -0.384. The van der Waals surface area contributed by atoms with Crippen molar-refractivity contribution in [1.82, 2.24) is 0 Å². The number of nitrogens with one attached hydrogen (secondary N) is 1. The van der Waals surface area contributed by atoms with E-state index in [9.17, 15) is 18.5 Å². The van der Waals surface area contributed by atoms with Gasteiger partial charge in [-0.05, 0) is 37.8 Å². The molecule has 0 saturated heterocycles. The van der Waals surface area contributed by atoms with Crippen molar-refractivity contribution < 1.29 is 13.3 Å². The monoisotopic (exact) mass is 315 g/mol. The van der Waals surface area contributed by atoms with Crippen molar-refractivity contribution in [2.45, 2.75) is 44.6 Å². The van der Waals surface area contributed by atoms with E-state index in [2.05, 4.69) is 19.2 Å². The number of nitrogens with two attached hydrogens (primary N) is 1. The summed E-state index contributed by atoms with van der Waals surface area (Å²) in [6.45, 7) is 6.14. The number of primary sulfonamides is 1. The molecule has 1 unspecified atom stereocenters. The van der Waals surface area contributed by atoms with Crippen LogP contribution >= 0.6 is 0 Å². The maximum Gasteiger partial charge on any atom is 0.293 e. The quantitative estimate of drug-likeness (QED) is 0.592. The third-order valence-electron chi connectivity index (χ3n) is 3.07. The Morgan fingerprint density at radius 2 is 1.90 bits per heavy atom. The second-order valence-electron chi connectivity index (χ2n) is 5.50. The lowest BCUT2D eigenvalue weighted by Crippen LogP contribution is -2.17. The molecule has 0 saturated carbocycles. The maximum absolute atomic E-state index is 11.3. The zero-order valence-corrected chi connectivity index (χ0v) is 13.2. The Morgan fingerprint density at radius 1 is 1.29 bits per heavy atom. The molecule has 0 aliphatic carbocycles. The van der Waals surface area contributed by atoms with Gasteiger partial charge < -0.3 is 5.32 Å². The molecule has 0 heterocycles. The predicted octanol–water partition coefficient (Wildman–Crippen LogP) is 2.48. The number of benzene rings is 1. The molecule has 1 atom stereocenters. The normalized spacial score (nSPS) is 13.2. The predicted molar refractivity (Wildman–Crippen MR) is 81.6 cm³/mol. The van der Waals surface area contributed by atoms with Crippen LogP contribution in [0, 0.1) is 16.0 Å². The number of hydrogen-bond donors (Lipinski definition) is 2. The number of sulfonamides is 1. The molecule has 1 aromatic carbocycles. The molecule has 0 aliphatic heterocycles. The van der Waals surface area contributed by atoms with Crippen molar-refractivity contribution in [3.8, 4) is 0 Å². The van der Waals surface area contributed by atoms with Gasteiger partial charge in [-0.1, -0.05) is 13.8 Å². The number of rotatable bonds is 7. The first kappa shape index (κ1) is 17.4. The molecule has 0 spiro atoms.